The van der Waals surface area contributed by atoms with Crippen LogP contribution in [0.1, 0.15) is 35.1 Å². The molecule has 0 spiro atoms. The highest BCUT2D eigenvalue weighted by Crippen LogP contribution is 2.26. The number of ether oxygens (including phenoxy) is 1. The summed E-state index contributed by atoms with van der Waals surface area (Å²) < 4.78 is 6.22. The molecule has 0 aromatic carbocycles. The minimum atomic E-state index is -0.897. The van der Waals surface area contributed by atoms with Crippen LogP contribution >= 0.6 is 23.1 Å². The van der Waals surface area contributed by atoms with Gasteiger partial charge in [0.2, 0.25) is 0 Å². The molecule has 0 aliphatic rings. The van der Waals surface area contributed by atoms with E-state index in [4.69, 9.17) is 9.84 Å². The first-order valence-electron chi connectivity index (χ1n) is 5.56. The summed E-state index contributed by atoms with van der Waals surface area (Å²) in [5, 5.41) is 8.88. The van der Waals surface area contributed by atoms with Gasteiger partial charge in [-0.3, -0.25) is 0 Å². The standard InChI is InChI=1S/C11H17NO3S2/c1-3-4-5-15-6-7-16-11-12-8(2)9(17-11)10(13)14/h3-7H2,1-2H3,(H,13,14). The van der Waals surface area contributed by atoms with Crippen molar-refractivity contribution in [3.8, 4) is 0 Å². The van der Waals surface area contributed by atoms with E-state index in [1.807, 2.05) is 0 Å². The summed E-state index contributed by atoms with van der Waals surface area (Å²) in [5.74, 6) is -0.0820. The Kier molecular flexibility index (Phi) is 6.54. The molecule has 0 aliphatic carbocycles. The number of unbranched alkanes of at least 4 members (excludes halogenated alkanes) is 1. The Morgan fingerprint density at radius 3 is 2.88 bits per heavy atom. The number of carbonyl (C=O) groups is 1. The van der Waals surface area contributed by atoms with Gasteiger partial charge in [-0.15, -0.1) is 11.3 Å². The number of thiazole rings is 1. The van der Waals surface area contributed by atoms with Crippen LogP contribution in [0.5, 0.6) is 0 Å². The molecule has 0 saturated carbocycles. The maximum atomic E-state index is 10.8. The van der Waals surface area contributed by atoms with E-state index < -0.39 is 5.97 Å². The van der Waals surface area contributed by atoms with E-state index in [0.717, 1.165) is 29.5 Å². The number of nitrogens with zero attached hydrogens (tertiary/aromatic N) is 1. The van der Waals surface area contributed by atoms with Gasteiger partial charge in [0.15, 0.2) is 4.34 Å². The van der Waals surface area contributed by atoms with Gasteiger partial charge < -0.3 is 9.84 Å². The third-order valence-electron chi connectivity index (χ3n) is 2.07. The molecular weight excluding hydrogens is 258 g/mol. The lowest BCUT2D eigenvalue weighted by Gasteiger charge is -2.00. The Hall–Kier alpha value is -0.590. The van der Waals surface area contributed by atoms with Gasteiger partial charge in [0.1, 0.15) is 4.88 Å². The Balaban J connectivity index is 2.27. The SMILES string of the molecule is CCCCOCCSc1nc(C)c(C(=O)O)s1. The van der Waals surface area contributed by atoms with Crippen LogP contribution in [0, 0.1) is 6.92 Å². The molecule has 4 nitrogen and oxygen atoms in total. The van der Waals surface area contributed by atoms with Crippen molar-refractivity contribution in [2.45, 2.75) is 31.0 Å². The van der Waals surface area contributed by atoms with Gasteiger partial charge in [0, 0.05) is 12.4 Å². The Morgan fingerprint density at radius 2 is 2.29 bits per heavy atom. The van der Waals surface area contributed by atoms with Crippen LogP contribution in [-0.4, -0.2) is 35.0 Å². The van der Waals surface area contributed by atoms with Crippen LogP contribution in [0.2, 0.25) is 0 Å². The second-order valence-corrected chi connectivity index (χ2v) is 5.85. The lowest BCUT2D eigenvalue weighted by molar-refractivity contribution is 0.0701. The second-order valence-electron chi connectivity index (χ2n) is 3.51. The number of rotatable bonds is 8. The first-order valence-corrected chi connectivity index (χ1v) is 7.36. The minimum Gasteiger partial charge on any atom is -0.477 e. The molecule has 1 N–H and O–H groups in total. The van der Waals surface area contributed by atoms with Crippen molar-refractivity contribution in [1.29, 1.82) is 0 Å². The normalized spacial score (nSPS) is 10.7. The zero-order chi connectivity index (χ0) is 12.7. The number of hydrogen-bond donors (Lipinski definition) is 1. The highest BCUT2D eigenvalue weighted by molar-refractivity contribution is 8.01. The first-order chi connectivity index (χ1) is 8.15. The predicted molar refractivity (Wildman–Crippen MR) is 70.3 cm³/mol. The van der Waals surface area contributed by atoms with E-state index in [-0.39, 0.29) is 0 Å². The molecule has 96 valence electrons. The maximum Gasteiger partial charge on any atom is 0.347 e. The number of aromatic carboxylic acids is 1. The van der Waals surface area contributed by atoms with Gasteiger partial charge in [-0.05, 0) is 13.3 Å². The lowest BCUT2D eigenvalue weighted by Crippen LogP contribution is -1.98. The lowest BCUT2D eigenvalue weighted by atomic mass is 10.4. The number of carboxylic acid groups (broad SMARTS) is 1. The van der Waals surface area contributed by atoms with Crippen molar-refractivity contribution in [2.75, 3.05) is 19.0 Å². The molecule has 0 amide bonds. The van der Waals surface area contributed by atoms with Crippen molar-refractivity contribution < 1.29 is 14.6 Å². The fourth-order valence-electron chi connectivity index (χ4n) is 1.17. The molecule has 0 saturated heterocycles. The van der Waals surface area contributed by atoms with Gasteiger partial charge in [0.05, 0.1) is 12.3 Å². The maximum absolute atomic E-state index is 10.8. The van der Waals surface area contributed by atoms with E-state index in [2.05, 4.69) is 11.9 Å². The number of aryl methyl sites for hydroxylation is 1. The Bertz CT molecular complexity index is 366. The number of thioether (sulfide) groups is 1. The molecule has 1 heterocycles. The minimum absolute atomic E-state index is 0.333. The highest BCUT2D eigenvalue weighted by atomic mass is 32.2. The topological polar surface area (TPSA) is 59.4 Å². The zero-order valence-corrected chi connectivity index (χ0v) is 11.7. The van der Waals surface area contributed by atoms with E-state index in [1.165, 1.54) is 11.3 Å². The average molecular weight is 275 g/mol. The van der Waals surface area contributed by atoms with Gasteiger partial charge in [0.25, 0.3) is 0 Å². The summed E-state index contributed by atoms with van der Waals surface area (Å²) in [6, 6.07) is 0. The van der Waals surface area contributed by atoms with Crippen LogP contribution in [0.15, 0.2) is 4.34 Å². The molecule has 0 radical (unpaired) electrons. The number of carboxylic acids is 1. The molecular formula is C11H17NO3S2. The third-order valence-corrected chi connectivity index (χ3v) is 4.32. The van der Waals surface area contributed by atoms with Crippen LogP contribution in [-0.2, 0) is 4.74 Å². The van der Waals surface area contributed by atoms with E-state index in [9.17, 15) is 4.79 Å². The molecule has 17 heavy (non-hydrogen) atoms. The summed E-state index contributed by atoms with van der Waals surface area (Å²) in [5.41, 5.74) is 0.594. The summed E-state index contributed by atoms with van der Waals surface area (Å²) in [6.07, 6.45) is 2.23. The molecule has 6 heteroatoms. The Labute approximate surface area is 109 Å². The number of aromatic nitrogens is 1. The largest absolute Gasteiger partial charge is 0.477 e. The van der Waals surface area contributed by atoms with Crippen molar-refractivity contribution in [3.05, 3.63) is 10.6 Å². The highest BCUT2D eigenvalue weighted by Gasteiger charge is 2.13. The van der Waals surface area contributed by atoms with Crippen LogP contribution in [0.25, 0.3) is 0 Å². The van der Waals surface area contributed by atoms with Crippen molar-refractivity contribution in [3.63, 3.8) is 0 Å². The van der Waals surface area contributed by atoms with Crippen LogP contribution in [0.4, 0.5) is 0 Å². The smallest absolute Gasteiger partial charge is 0.347 e. The summed E-state index contributed by atoms with van der Waals surface area (Å²) in [7, 11) is 0. The van der Waals surface area contributed by atoms with Gasteiger partial charge in [-0.2, -0.15) is 0 Å². The van der Waals surface area contributed by atoms with E-state index >= 15 is 0 Å². The van der Waals surface area contributed by atoms with Gasteiger partial charge >= 0.3 is 5.97 Å². The molecule has 0 aliphatic heterocycles. The fourth-order valence-corrected chi connectivity index (χ4v) is 3.12. The predicted octanol–water partition coefficient (Wildman–Crippen LogP) is 3.06. The second kappa shape index (κ2) is 7.68. The molecule has 0 unspecified atom stereocenters. The zero-order valence-electron chi connectivity index (χ0n) is 10.1. The van der Waals surface area contributed by atoms with Crippen LogP contribution < -0.4 is 0 Å². The van der Waals surface area contributed by atoms with E-state index in [0.29, 0.717) is 17.2 Å². The molecule has 1 rings (SSSR count). The van der Waals surface area contributed by atoms with Crippen molar-refractivity contribution in [1.82, 2.24) is 4.98 Å². The monoisotopic (exact) mass is 275 g/mol. The summed E-state index contributed by atoms with van der Waals surface area (Å²) in [4.78, 5) is 15.4. The molecule has 1 aromatic rings. The van der Waals surface area contributed by atoms with E-state index in [1.54, 1.807) is 18.7 Å². The molecule has 0 atom stereocenters. The average Bonchev–Trinajstić information content (AvgIpc) is 2.65. The quantitative estimate of drug-likeness (QED) is 0.583. The summed E-state index contributed by atoms with van der Waals surface area (Å²) >= 11 is 2.78. The van der Waals surface area contributed by atoms with Gasteiger partial charge in [-0.1, -0.05) is 25.1 Å². The summed E-state index contributed by atoms with van der Waals surface area (Å²) in [6.45, 7) is 5.34. The molecule has 0 fully saturated rings. The molecule has 1 aromatic heterocycles. The van der Waals surface area contributed by atoms with Gasteiger partial charge in [-0.25, -0.2) is 9.78 Å². The third kappa shape index (κ3) is 5.06. The Morgan fingerprint density at radius 1 is 1.53 bits per heavy atom. The fraction of sp³-hybridized carbons (Fsp3) is 0.636. The van der Waals surface area contributed by atoms with Crippen molar-refractivity contribution >= 4 is 29.1 Å². The van der Waals surface area contributed by atoms with Crippen LogP contribution in [0.3, 0.4) is 0 Å². The number of hydrogen-bond acceptors (Lipinski definition) is 5. The first kappa shape index (κ1) is 14.5. The molecule has 0 bridgehead atoms. The van der Waals surface area contributed by atoms with Crippen molar-refractivity contribution in [2.24, 2.45) is 0 Å².